The Morgan fingerprint density at radius 2 is 2.05 bits per heavy atom. The molecular weight excluding hydrogens is 260 g/mol. The fourth-order valence-corrected chi connectivity index (χ4v) is 2.56. The van der Waals surface area contributed by atoms with Crippen LogP contribution in [0.5, 0.6) is 0 Å². The van der Waals surface area contributed by atoms with E-state index in [4.69, 9.17) is 10.5 Å². The van der Waals surface area contributed by atoms with Gasteiger partial charge in [-0.1, -0.05) is 13.8 Å². The average Bonchev–Trinajstić information content (AvgIpc) is 2.37. The topological polar surface area (TPSA) is 90.6 Å². The molecule has 1 fully saturated rings. The third-order valence-electron chi connectivity index (χ3n) is 4.31. The molecule has 3 unspecified atom stereocenters. The minimum Gasteiger partial charge on any atom is -0.469 e. The Morgan fingerprint density at radius 1 is 1.45 bits per heavy atom. The summed E-state index contributed by atoms with van der Waals surface area (Å²) in [6.07, 6.45) is 0.609. The van der Waals surface area contributed by atoms with Crippen LogP contribution in [0.2, 0.25) is 0 Å². The first kappa shape index (κ1) is 16.9. The number of amides is 1. The molecule has 0 aromatic heterocycles. The Labute approximate surface area is 120 Å². The van der Waals surface area contributed by atoms with E-state index in [1.165, 1.54) is 7.11 Å². The van der Waals surface area contributed by atoms with Gasteiger partial charge in [0, 0.05) is 24.5 Å². The molecule has 3 N–H and O–H groups in total. The maximum atomic E-state index is 12.3. The standard InChI is InChI=1S/C14H26N2O4/c1-6-20-10-8-14(15,13(10,3)4)12(18)16-9(2)7-11(17)19-5/h9-10H,6-8,15H2,1-5H3,(H,16,18). The van der Waals surface area contributed by atoms with Crippen LogP contribution >= 0.6 is 0 Å². The Bertz CT molecular complexity index is 383. The summed E-state index contributed by atoms with van der Waals surface area (Å²) >= 11 is 0. The van der Waals surface area contributed by atoms with Gasteiger partial charge < -0.3 is 20.5 Å². The number of rotatable bonds is 6. The van der Waals surface area contributed by atoms with Crippen molar-refractivity contribution in [2.45, 2.75) is 58.2 Å². The van der Waals surface area contributed by atoms with Crippen molar-refractivity contribution >= 4 is 11.9 Å². The van der Waals surface area contributed by atoms with Gasteiger partial charge in [-0.3, -0.25) is 9.59 Å². The molecule has 116 valence electrons. The van der Waals surface area contributed by atoms with Crippen LogP contribution in [0.4, 0.5) is 0 Å². The van der Waals surface area contributed by atoms with Crippen LogP contribution in [0.25, 0.3) is 0 Å². The molecule has 0 aromatic carbocycles. The number of hydrogen-bond acceptors (Lipinski definition) is 5. The highest BCUT2D eigenvalue weighted by Crippen LogP contribution is 2.49. The molecule has 6 heteroatoms. The van der Waals surface area contributed by atoms with Gasteiger partial charge in [0.15, 0.2) is 0 Å². The number of carbonyl (C=O) groups excluding carboxylic acids is 2. The smallest absolute Gasteiger partial charge is 0.307 e. The molecule has 20 heavy (non-hydrogen) atoms. The molecule has 0 radical (unpaired) electrons. The van der Waals surface area contributed by atoms with Gasteiger partial charge in [0.1, 0.15) is 5.54 Å². The molecule has 1 amide bonds. The minimum atomic E-state index is -0.961. The maximum Gasteiger partial charge on any atom is 0.307 e. The van der Waals surface area contributed by atoms with Crippen LogP contribution in [0.3, 0.4) is 0 Å². The summed E-state index contributed by atoms with van der Waals surface area (Å²) in [6.45, 7) is 8.14. The van der Waals surface area contributed by atoms with Gasteiger partial charge in [0.2, 0.25) is 5.91 Å². The van der Waals surface area contributed by atoms with Crippen molar-refractivity contribution in [2.24, 2.45) is 11.1 Å². The molecule has 0 saturated heterocycles. The second-order valence-electron chi connectivity index (χ2n) is 6.00. The summed E-state index contributed by atoms with van der Waals surface area (Å²) < 4.78 is 10.2. The number of ether oxygens (including phenoxy) is 2. The van der Waals surface area contributed by atoms with E-state index in [1.807, 2.05) is 20.8 Å². The van der Waals surface area contributed by atoms with Crippen LogP contribution in [0.1, 0.15) is 40.5 Å². The van der Waals surface area contributed by atoms with Gasteiger partial charge >= 0.3 is 5.97 Å². The van der Waals surface area contributed by atoms with Crippen molar-refractivity contribution in [2.75, 3.05) is 13.7 Å². The lowest BCUT2D eigenvalue weighted by molar-refractivity contribution is -0.171. The van der Waals surface area contributed by atoms with Crippen molar-refractivity contribution in [1.29, 1.82) is 0 Å². The normalized spacial score (nSPS) is 29.2. The highest BCUT2D eigenvalue weighted by Gasteiger charge is 2.62. The van der Waals surface area contributed by atoms with Gasteiger partial charge in [0.05, 0.1) is 19.6 Å². The summed E-state index contributed by atoms with van der Waals surface area (Å²) in [7, 11) is 1.32. The van der Waals surface area contributed by atoms with E-state index in [9.17, 15) is 9.59 Å². The Morgan fingerprint density at radius 3 is 2.50 bits per heavy atom. The monoisotopic (exact) mass is 286 g/mol. The Kier molecular flexibility index (Phi) is 5.15. The third-order valence-corrected chi connectivity index (χ3v) is 4.31. The Hall–Kier alpha value is -1.14. The Balaban J connectivity index is 2.62. The van der Waals surface area contributed by atoms with Crippen LogP contribution < -0.4 is 11.1 Å². The molecule has 6 nitrogen and oxygen atoms in total. The summed E-state index contributed by atoms with van der Waals surface area (Å²) in [5, 5.41) is 2.79. The number of nitrogens with one attached hydrogen (secondary N) is 1. The van der Waals surface area contributed by atoms with Crippen molar-refractivity contribution < 1.29 is 19.1 Å². The fraction of sp³-hybridized carbons (Fsp3) is 0.857. The highest BCUT2D eigenvalue weighted by atomic mass is 16.5. The summed E-state index contributed by atoms with van der Waals surface area (Å²) in [6, 6.07) is -0.308. The average molecular weight is 286 g/mol. The molecule has 0 spiro atoms. The molecule has 0 bridgehead atoms. The van der Waals surface area contributed by atoms with Gasteiger partial charge in [-0.25, -0.2) is 0 Å². The highest BCUT2D eigenvalue weighted by molar-refractivity contribution is 5.89. The number of nitrogens with two attached hydrogens (primary N) is 1. The minimum absolute atomic E-state index is 0.0147. The number of esters is 1. The van der Waals surface area contributed by atoms with Crippen molar-refractivity contribution in [3.8, 4) is 0 Å². The second-order valence-corrected chi connectivity index (χ2v) is 6.00. The quantitative estimate of drug-likeness (QED) is 0.697. The molecule has 1 rings (SSSR count). The molecule has 1 aliphatic carbocycles. The zero-order valence-corrected chi connectivity index (χ0v) is 13.0. The first-order valence-electron chi connectivity index (χ1n) is 6.97. The zero-order chi connectivity index (χ0) is 15.6. The maximum absolute atomic E-state index is 12.3. The lowest BCUT2D eigenvalue weighted by Crippen LogP contribution is -2.76. The van der Waals surface area contributed by atoms with E-state index < -0.39 is 11.0 Å². The predicted molar refractivity (Wildman–Crippen MR) is 75.0 cm³/mol. The predicted octanol–water partition coefficient (Wildman–Crippen LogP) is 0.587. The van der Waals surface area contributed by atoms with Crippen molar-refractivity contribution in [1.82, 2.24) is 5.32 Å². The molecular formula is C14H26N2O4. The summed E-state index contributed by atoms with van der Waals surface area (Å²) in [4.78, 5) is 23.5. The first-order valence-corrected chi connectivity index (χ1v) is 6.97. The number of hydrogen-bond donors (Lipinski definition) is 2. The SMILES string of the molecule is CCOC1CC(N)(C(=O)NC(C)CC(=O)OC)C1(C)C. The van der Waals surface area contributed by atoms with Crippen LogP contribution in [-0.2, 0) is 19.1 Å². The van der Waals surface area contributed by atoms with Gasteiger partial charge in [0.25, 0.3) is 0 Å². The van der Waals surface area contributed by atoms with Crippen molar-refractivity contribution in [3.05, 3.63) is 0 Å². The second kappa shape index (κ2) is 6.10. The van der Waals surface area contributed by atoms with Gasteiger partial charge in [-0.2, -0.15) is 0 Å². The fourth-order valence-electron chi connectivity index (χ4n) is 2.56. The lowest BCUT2D eigenvalue weighted by Gasteiger charge is -2.57. The van der Waals surface area contributed by atoms with E-state index in [-0.39, 0.29) is 30.4 Å². The largest absolute Gasteiger partial charge is 0.469 e. The molecule has 1 aliphatic rings. The number of methoxy groups -OCH3 is 1. The van der Waals surface area contributed by atoms with E-state index in [0.717, 1.165) is 0 Å². The zero-order valence-electron chi connectivity index (χ0n) is 13.0. The molecule has 0 aromatic rings. The van der Waals surface area contributed by atoms with Crippen molar-refractivity contribution in [3.63, 3.8) is 0 Å². The van der Waals surface area contributed by atoms with Crippen LogP contribution in [0.15, 0.2) is 0 Å². The summed E-state index contributed by atoms with van der Waals surface area (Å²) in [5.41, 5.74) is 4.85. The van der Waals surface area contributed by atoms with Gasteiger partial charge in [-0.15, -0.1) is 0 Å². The first-order chi connectivity index (χ1) is 9.18. The molecule has 1 saturated carbocycles. The molecule has 0 heterocycles. The van der Waals surface area contributed by atoms with E-state index in [1.54, 1.807) is 6.92 Å². The number of carbonyl (C=O) groups is 2. The summed E-state index contributed by atoms with van der Waals surface area (Å²) in [5.74, 6) is -0.598. The van der Waals surface area contributed by atoms with Gasteiger partial charge in [-0.05, 0) is 13.8 Å². The third kappa shape index (κ3) is 2.96. The lowest BCUT2D eigenvalue weighted by atomic mass is 9.54. The van der Waals surface area contributed by atoms with E-state index in [0.29, 0.717) is 13.0 Å². The van der Waals surface area contributed by atoms with E-state index in [2.05, 4.69) is 10.1 Å². The molecule has 0 aliphatic heterocycles. The van der Waals surface area contributed by atoms with Crippen LogP contribution in [0, 0.1) is 5.41 Å². The van der Waals surface area contributed by atoms with Crippen LogP contribution in [-0.4, -0.2) is 43.3 Å². The van der Waals surface area contributed by atoms with E-state index >= 15 is 0 Å². The molecule has 3 atom stereocenters.